The number of hydrogen-bond donors (Lipinski definition) is 0. The smallest absolute Gasteiger partial charge is 0.164 e. The summed E-state index contributed by atoms with van der Waals surface area (Å²) < 4.78 is 2.64. The van der Waals surface area contributed by atoms with E-state index >= 15 is 0 Å². The summed E-state index contributed by atoms with van der Waals surface area (Å²) in [6, 6.07) is 69.4. The molecule has 0 saturated carbocycles. The average molecular weight is 732 g/mol. The third kappa shape index (κ3) is 5.45. The zero-order valence-electron chi connectivity index (χ0n) is 30.3. The fourth-order valence-corrected chi connectivity index (χ4v) is 9.60. The van der Waals surface area contributed by atoms with Gasteiger partial charge >= 0.3 is 0 Å². The van der Waals surface area contributed by atoms with Crippen molar-refractivity contribution in [1.29, 1.82) is 0 Å². The van der Waals surface area contributed by atoms with Gasteiger partial charge in [0.2, 0.25) is 0 Å². The normalized spacial score (nSPS) is 13.2. The van der Waals surface area contributed by atoms with Gasteiger partial charge in [-0.15, -0.1) is 11.3 Å². The molecule has 2 aromatic heterocycles. The van der Waals surface area contributed by atoms with Crippen LogP contribution >= 0.6 is 11.3 Å². The molecule has 3 nitrogen and oxygen atoms in total. The zero-order valence-corrected chi connectivity index (χ0v) is 31.1. The van der Waals surface area contributed by atoms with E-state index in [4.69, 9.17) is 15.0 Å². The molecule has 0 radical (unpaired) electrons. The Morgan fingerprint density at radius 2 is 0.804 bits per heavy atom. The maximum Gasteiger partial charge on any atom is 0.164 e. The predicted molar refractivity (Wildman–Crippen MR) is 233 cm³/mol. The van der Waals surface area contributed by atoms with Crippen molar-refractivity contribution in [2.75, 3.05) is 0 Å². The number of nitrogens with zero attached hydrogens (tertiary/aromatic N) is 3. The second-order valence-electron chi connectivity index (χ2n) is 14.3. The van der Waals surface area contributed by atoms with Crippen LogP contribution in [0.1, 0.15) is 22.6 Å². The maximum absolute atomic E-state index is 5.20. The lowest BCUT2D eigenvalue weighted by molar-refractivity contribution is 1.02. The molecule has 0 aliphatic heterocycles. The Morgan fingerprint density at radius 1 is 0.321 bits per heavy atom. The number of fused-ring (bicyclic) bond motifs is 6. The van der Waals surface area contributed by atoms with Gasteiger partial charge in [-0.25, -0.2) is 15.0 Å². The van der Waals surface area contributed by atoms with E-state index in [1.54, 1.807) is 0 Å². The first-order chi connectivity index (χ1) is 27.8. The Labute approximate surface area is 329 Å². The first kappa shape index (κ1) is 32.4. The quantitative estimate of drug-likeness (QED) is 0.171. The molecule has 1 atom stereocenters. The standard InChI is InChI=1S/C52H33N3S/c1-5-17-33(18-6-1)41-29-37(52-54-50(35-21-9-3-10-22-35)53-51(55-52)36-23-11-4-12-24-36)30-42(34-19-7-2-8-20-34)49(41)48-40-27-14-13-25-38(40)43-32-47-44(31-45(43)48)39-26-15-16-28-46(39)56-47/h1-32,48H. The highest BCUT2D eigenvalue weighted by molar-refractivity contribution is 7.25. The van der Waals surface area contributed by atoms with Gasteiger partial charge in [0, 0.05) is 42.8 Å². The Kier molecular flexibility index (Phi) is 7.75. The Hall–Kier alpha value is -7.01. The molecule has 2 heterocycles. The monoisotopic (exact) mass is 731 g/mol. The number of rotatable bonds is 6. The molecular formula is C52H33N3S. The second-order valence-corrected chi connectivity index (χ2v) is 15.4. The molecule has 11 rings (SSSR count). The first-order valence-corrected chi connectivity index (χ1v) is 19.8. The summed E-state index contributed by atoms with van der Waals surface area (Å²) in [5.41, 5.74) is 14.0. The molecule has 0 N–H and O–H groups in total. The summed E-state index contributed by atoms with van der Waals surface area (Å²) in [5, 5.41) is 2.62. The van der Waals surface area contributed by atoms with E-state index in [0.29, 0.717) is 17.5 Å². The average Bonchev–Trinajstić information content (AvgIpc) is 3.80. The molecule has 0 amide bonds. The molecule has 10 aromatic rings. The molecule has 0 spiro atoms. The van der Waals surface area contributed by atoms with E-state index in [-0.39, 0.29) is 5.92 Å². The van der Waals surface area contributed by atoms with E-state index in [1.807, 2.05) is 47.7 Å². The van der Waals surface area contributed by atoms with E-state index in [9.17, 15) is 0 Å². The van der Waals surface area contributed by atoms with Crippen LogP contribution in [-0.4, -0.2) is 15.0 Å². The van der Waals surface area contributed by atoms with Crippen molar-refractivity contribution in [2.24, 2.45) is 0 Å². The highest BCUT2D eigenvalue weighted by Gasteiger charge is 2.35. The lowest BCUT2D eigenvalue weighted by Gasteiger charge is -2.24. The largest absolute Gasteiger partial charge is 0.208 e. The molecule has 0 bridgehead atoms. The van der Waals surface area contributed by atoms with Crippen molar-refractivity contribution in [2.45, 2.75) is 5.92 Å². The molecule has 1 aliphatic rings. The Bertz CT molecular complexity index is 2950. The van der Waals surface area contributed by atoms with Crippen LogP contribution in [0, 0.1) is 0 Å². The molecule has 56 heavy (non-hydrogen) atoms. The topological polar surface area (TPSA) is 38.7 Å². The highest BCUT2D eigenvalue weighted by atomic mass is 32.1. The maximum atomic E-state index is 5.20. The van der Waals surface area contributed by atoms with Crippen molar-refractivity contribution in [3.8, 4) is 67.5 Å². The van der Waals surface area contributed by atoms with Gasteiger partial charge in [-0.1, -0.05) is 164 Å². The first-order valence-electron chi connectivity index (χ1n) is 19.0. The Balaban J connectivity index is 1.23. The van der Waals surface area contributed by atoms with E-state index in [0.717, 1.165) is 38.9 Å². The van der Waals surface area contributed by atoms with Crippen LogP contribution in [0.15, 0.2) is 194 Å². The fourth-order valence-electron chi connectivity index (χ4n) is 8.48. The highest BCUT2D eigenvalue weighted by Crippen LogP contribution is 2.55. The molecular weight excluding hydrogens is 699 g/mol. The number of hydrogen-bond acceptors (Lipinski definition) is 4. The molecule has 262 valence electrons. The number of benzene rings is 8. The summed E-state index contributed by atoms with van der Waals surface area (Å²) >= 11 is 1.88. The lowest BCUT2D eigenvalue weighted by Crippen LogP contribution is -2.06. The van der Waals surface area contributed by atoms with Gasteiger partial charge in [0.25, 0.3) is 0 Å². The minimum absolute atomic E-state index is 0.0122. The van der Waals surface area contributed by atoms with E-state index in [1.165, 1.54) is 48.0 Å². The van der Waals surface area contributed by atoms with Gasteiger partial charge < -0.3 is 0 Å². The van der Waals surface area contributed by atoms with Crippen LogP contribution < -0.4 is 0 Å². The summed E-state index contributed by atoms with van der Waals surface area (Å²) in [6.07, 6.45) is 0. The molecule has 0 fully saturated rings. The molecule has 0 saturated heterocycles. The number of aromatic nitrogens is 3. The van der Waals surface area contributed by atoms with Gasteiger partial charge in [0.05, 0.1) is 0 Å². The zero-order chi connectivity index (χ0) is 37.0. The molecule has 4 heteroatoms. The van der Waals surface area contributed by atoms with Crippen LogP contribution in [0.5, 0.6) is 0 Å². The molecule has 8 aromatic carbocycles. The molecule has 1 unspecified atom stereocenters. The van der Waals surface area contributed by atoms with Crippen molar-refractivity contribution in [1.82, 2.24) is 15.0 Å². The van der Waals surface area contributed by atoms with Gasteiger partial charge in [-0.3, -0.25) is 0 Å². The third-order valence-corrected chi connectivity index (χ3v) is 12.2. The van der Waals surface area contributed by atoms with Crippen LogP contribution in [-0.2, 0) is 0 Å². The minimum Gasteiger partial charge on any atom is -0.208 e. The summed E-state index contributed by atoms with van der Waals surface area (Å²) in [4.78, 5) is 15.4. The van der Waals surface area contributed by atoms with Crippen molar-refractivity contribution < 1.29 is 0 Å². The summed E-state index contributed by atoms with van der Waals surface area (Å²) in [6.45, 7) is 0. The van der Waals surface area contributed by atoms with Gasteiger partial charge in [0.15, 0.2) is 17.5 Å². The lowest BCUT2D eigenvalue weighted by atomic mass is 9.78. The second kappa shape index (κ2) is 13.4. The Morgan fingerprint density at radius 3 is 1.39 bits per heavy atom. The van der Waals surface area contributed by atoms with Crippen molar-refractivity contribution in [3.05, 3.63) is 211 Å². The van der Waals surface area contributed by atoms with Crippen LogP contribution in [0.3, 0.4) is 0 Å². The van der Waals surface area contributed by atoms with Crippen molar-refractivity contribution in [3.63, 3.8) is 0 Å². The van der Waals surface area contributed by atoms with Gasteiger partial charge in [-0.2, -0.15) is 0 Å². The third-order valence-electron chi connectivity index (χ3n) is 11.0. The van der Waals surface area contributed by atoms with E-state index < -0.39 is 0 Å². The summed E-state index contributed by atoms with van der Waals surface area (Å²) in [5.74, 6) is 1.91. The fraction of sp³-hybridized carbons (Fsp3) is 0.0192. The minimum atomic E-state index is -0.0122. The summed E-state index contributed by atoms with van der Waals surface area (Å²) in [7, 11) is 0. The predicted octanol–water partition coefficient (Wildman–Crippen LogP) is 13.7. The van der Waals surface area contributed by atoms with Gasteiger partial charge in [-0.05, 0) is 80.4 Å². The number of thiophene rings is 1. The van der Waals surface area contributed by atoms with Crippen LogP contribution in [0.25, 0.3) is 87.7 Å². The van der Waals surface area contributed by atoms with Crippen LogP contribution in [0.4, 0.5) is 0 Å². The molecule has 1 aliphatic carbocycles. The van der Waals surface area contributed by atoms with Crippen LogP contribution in [0.2, 0.25) is 0 Å². The van der Waals surface area contributed by atoms with Gasteiger partial charge in [0.1, 0.15) is 0 Å². The van der Waals surface area contributed by atoms with Crippen molar-refractivity contribution >= 4 is 31.5 Å². The van der Waals surface area contributed by atoms with E-state index in [2.05, 4.69) is 158 Å². The SMILES string of the molecule is c1ccc(-c2nc(-c3ccccc3)nc(-c3cc(-c4ccccc4)c(C4c5ccccc5-c5cc6sc7ccccc7c6cc54)c(-c4ccccc4)c3)n2)cc1.